The lowest BCUT2D eigenvalue weighted by molar-refractivity contribution is -0.152. The number of carbonyl (C=O) groups excluding carboxylic acids is 4. The van der Waals surface area contributed by atoms with E-state index in [2.05, 4.69) is 10.2 Å². The Morgan fingerprint density at radius 1 is 0.792 bits per heavy atom. The number of amides is 2. The van der Waals surface area contributed by atoms with Crippen LogP contribution in [0.3, 0.4) is 0 Å². The summed E-state index contributed by atoms with van der Waals surface area (Å²) in [6.45, 7) is 19.6. The number of esters is 2. The third-order valence-corrected chi connectivity index (χ3v) is 7.39. The van der Waals surface area contributed by atoms with Crippen LogP contribution in [0.2, 0.25) is 0 Å². The topological polar surface area (TPSA) is 145 Å². The van der Waals surface area contributed by atoms with Crippen LogP contribution in [-0.2, 0) is 35.0 Å². The fourth-order valence-corrected chi connectivity index (χ4v) is 5.20. The second kappa shape index (κ2) is 17.6. The molecule has 2 fully saturated rings. The predicted molar refractivity (Wildman–Crippen MR) is 177 cm³/mol. The van der Waals surface area contributed by atoms with Crippen LogP contribution in [-0.4, -0.2) is 134 Å². The molecule has 1 aromatic rings. The van der Waals surface area contributed by atoms with Gasteiger partial charge in [0.15, 0.2) is 11.5 Å². The highest BCUT2D eigenvalue weighted by Crippen LogP contribution is 2.31. The molecule has 3 heterocycles. The molecule has 3 aliphatic heterocycles. The van der Waals surface area contributed by atoms with Crippen molar-refractivity contribution in [1.29, 1.82) is 0 Å². The van der Waals surface area contributed by atoms with Gasteiger partial charge in [0.25, 0.3) is 0 Å². The molecule has 1 aromatic carbocycles. The number of piperazine rings is 2. The minimum absolute atomic E-state index is 0.259. The second-order valence-corrected chi connectivity index (χ2v) is 13.6. The van der Waals surface area contributed by atoms with Crippen LogP contribution in [0.1, 0.15) is 61.0 Å². The first-order valence-electron chi connectivity index (χ1n) is 16.7. The Bertz CT molecular complexity index is 1250. The Labute approximate surface area is 284 Å². The summed E-state index contributed by atoms with van der Waals surface area (Å²) < 4.78 is 32.2. The number of ether oxygens (including phenoxy) is 6. The zero-order valence-corrected chi connectivity index (χ0v) is 29.8. The molecule has 0 bridgehead atoms. The van der Waals surface area contributed by atoms with E-state index in [1.807, 2.05) is 59.7 Å². The third-order valence-electron chi connectivity index (χ3n) is 7.39. The zero-order chi connectivity index (χ0) is 35.5. The van der Waals surface area contributed by atoms with Crippen molar-refractivity contribution in [2.45, 2.75) is 85.1 Å². The summed E-state index contributed by atoms with van der Waals surface area (Å²) in [5.41, 5.74) is 0.00390. The van der Waals surface area contributed by atoms with Gasteiger partial charge in [-0.05, 0) is 79.5 Å². The van der Waals surface area contributed by atoms with Crippen molar-refractivity contribution in [3.8, 4) is 11.5 Å². The Kier molecular flexibility index (Phi) is 14.2. The molecular weight excluding hydrogens is 624 g/mol. The Balaban J connectivity index is 0.000000297. The maximum Gasteiger partial charge on any atom is 0.410 e. The summed E-state index contributed by atoms with van der Waals surface area (Å²) in [5, 5.41) is 3.03. The van der Waals surface area contributed by atoms with Crippen LogP contribution in [0.25, 0.3) is 0 Å². The lowest BCUT2D eigenvalue weighted by Gasteiger charge is -2.40. The van der Waals surface area contributed by atoms with E-state index in [1.54, 1.807) is 18.7 Å². The minimum Gasteiger partial charge on any atom is -0.486 e. The highest BCUT2D eigenvalue weighted by atomic mass is 16.6. The molecule has 0 radical (unpaired) electrons. The fourth-order valence-electron chi connectivity index (χ4n) is 5.20. The van der Waals surface area contributed by atoms with E-state index in [9.17, 15) is 19.2 Å². The summed E-state index contributed by atoms with van der Waals surface area (Å²) in [7, 11) is 0. The number of rotatable bonds is 7. The van der Waals surface area contributed by atoms with Crippen LogP contribution in [0, 0.1) is 0 Å². The van der Waals surface area contributed by atoms with E-state index in [0.29, 0.717) is 59.2 Å². The number of nitrogens with one attached hydrogen (secondary N) is 1. The molecule has 2 atom stereocenters. The van der Waals surface area contributed by atoms with Gasteiger partial charge in [-0.15, -0.1) is 0 Å². The third kappa shape index (κ3) is 12.3. The average molecular weight is 679 g/mol. The minimum atomic E-state index is -0.578. The largest absolute Gasteiger partial charge is 0.486 e. The molecule has 0 spiro atoms. The van der Waals surface area contributed by atoms with Crippen LogP contribution in [0.15, 0.2) is 18.2 Å². The highest BCUT2D eigenvalue weighted by Gasteiger charge is 2.37. The molecule has 14 heteroatoms. The van der Waals surface area contributed by atoms with Crippen molar-refractivity contribution >= 4 is 24.1 Å². The number of hydrogen-bond donors (Lipinski definition) is 1. The smallest absolute Gasteiger partial charge is 0.410 e. The molecular formula is C34H54N4O10. The number of carbonyl (C=O) groups is 4. The monoisotopic (exact) mass is 678 g/mol. The molecule has 0 aliphatic carbocycles. The van der Waals surface area contributed by atoms with Crippen molar-refractivity contribution in [3.63, 3.8) is 0 Å². The Morgan fingerprint density at radius 3 is 1.98 bits per heavy atom. The average Bonchev–Trinajstić information content (AvgIpc) is 3.02. The molecule has 0 aromatic heterocycles. The maximum atomic E-state index is 12.6. The Hall–Kier alpha value is -3.78. The summed E-state index contributed by atoms with van der Waals surface area (Å²) in [6.07, 6.45) is -0.0412. The van der Waals surface area contributed by atoms with Crippen molar-refractivity contribution in [2.75, 3.05) is 72.2 Å². The van der Waals surface area contributed by atoms with Crippen LogP contribution in [0.4, 0.5) is 9.59 Å². The van der Waals surface area contributed by atoms with Crippen molar-refractivity contribution < 1.29 is 47.6 Å². The number of nitrogens with zero attached hydrogens (tertiary/aromatic N) is 3. The van der Waals surface area contributed by atoms with E-state index >= 15 is 0 Å². The van der Waals surface area contributed by atoms with E-state index in [1.165, 1.54) is 4.90 Å². The van der Waals surface area contributed by atoms with Crippen LogP contribution < -0.4 is 14.8 Å². The molecule has 2 saturated heterocycles. The zero-order valence-electron chi connectivity index (χ0n) is 29.8. The van der Waals surface area contributed by atoms with Gasteiger partial charge in [-0.1, -0.05) is 6.07 Å². The molecule has 2 amide bonds. The quantitative estimate of drug-likeness (QED) is 0.334. The van der Waals surface area contributed by atoms with Gasteiger partial charge in [-0.25, -0.2) is 9.59 Å². The van der Waals surface area contributed by atoms with Gasteiger partial charge in [0.05, 0.1) is 26.3 Å². The van der Waals surface area contributed by atoms with Crippen molar-refractivity contribution in [3.05, 3.63) is 23.8 Å². The van der Waals surface area contributed by atoms with E-state index < -0.39 is 35.5 Å². The van der Waals surface area contributed by atoms with Gasteiger partial charge in [0.2, 0.25) is 0 Å². The van der Waals surface area contributed by atoms with Crippen LogP contribution in [0.5, 0.6) is 11.5 Å². The lowest BCUT2D eigenvalue weighted by atomic mass is 10.1. The van der Waals surface area contributed by atoms with Gasteiger partial charge >= 0.3 is 24.1 Å². The Morgan fingerprint density at radius 2 is 1.38 bits per heavy atom. The van der Waals surface area contributed by atoms with Crippen molar-refractivity contribution in [2.24, 2.45) is 0 Å². The molecule has 14 nitrogen and oxygen atoms in total. The summed E-state index contributed by atoms with van der Waals surface area (Å²) >= 11 is 0. The van der Waals surface area contributed by atoms with Gasteiger partial charge in [-0.3, -0.25) is 14.5 Å². The number of hydrogen-bond acceptors (Lipinski definition) is 12. The normalized spacial score (nSPS) is 19.8. The molecule has 0 saturated carbocycles. The molecule has 270 valence electrons. The predicted octanol–water partition coefficient (Wildman–Crippen LogP) is 3.24. The fraction of sp³-hybridized carbons (Fsp3) is 0.706. The van der Waals surface area contributed by atoms with Crippen molar-refractivity contribution in [1.82, 2.24) is 20.0 Å². The first kappa shape index (κ1) is 38.7. The highest BCUT2D eigenvalue weighted by molar-refractivity contribution is 5.78. The standard InChI is InChI=1S/C22H32N2O6.C12H22N2O4/c1-5-27-20(25)17-15-24(21(26)30-22(2,3)4)11-10-23(17)9-8-16-6-7-18-19(14-16)29-13-12-28-18;1-5-17-10(15)9-8-14(7-6-13-9)11(16)18-12(2,3)4/h6-7,14,17H,5,8-13,15H2,1-4H3;9,13H,5-8H2,1-4H3. The molecule has 4 rings (SSSR count). The number of benzene rings is 1. The maximum absolute atomic E-state index is 12.6. The van der Waals surface area contributed by atoms with E-state index in [0.717, 1.165) is 23.5 Å². The van der Waals surface area contributed by atoms with Gasteiger partial charge in [-0.2, -0.15) is 0 Å². The second-order valence-electron chi connectivity index (χ2n) is 13.6. The summed E-state index contributed by atoms with van der Waals surface area (Å²) in [5.74, 6) is 0.884. The lowest BCUT2D eigenvalue weighted by Crippen LogP contribution is -2.59. The van der Waals surface area contributed by atoms with E-state index in [4.69, 9.17) is 28.4 Å². The van der Waals surface area contributed by atoms with Gasteiger partial charge in [0.1, 0.15) is 36.5 Å². The molecule has 2 unspecified atom stereocenters. The first-order valence-corrected chi connectivity index (χ1v) is 16.7. The van der Waals surface area contributed by atoms with Gasteiger partial charge < -0.3 is 43.5 Å². The SMILES string of the molecule is CCOC(=O)C1CN(C(=O)OC(C)(C)C)CCN1.CCOC(=O)C1CN(C(=O)OC(C)(C)C)CCN1CCc1ccc2c(c1)OCCO2. The first-order chi connectivity index (χ1) is 22.6. The van der Waals surface area contributed by atoms with Crippen LogP contribution >= 0.6 is 0 Å². The number of fused-ring (bicyclic) bond motifs is 1. The molecule has 3 aliphatic rings. The molecule has 48 heavy (non-hydrogen) atoms. The summed E-state index contributed by atoms with van der Waals surface area (Å²) in [6, 6.07) is 4.96. The molecule has 1 N–H and O–H groups in total. The van der Waals surface area contributed by atoms with Gasteiger partial charge in [0, 0.05) is 32.7 Å². The van der Waals surface area contributed by atoms with E-state index in [-0.39, 0.29) is 25.0 Å². The summed E-state index contributed by atoms with van der Waals surface area (Å²) in [4.78, 5) is 53.7.